The van der Waals surface area contributed by atoms with Crippen molar-refractivity contribution in [2.24, 2.45) is 33.9 Å². The molecule has 0 aliphatic carbocycles. The lowest BCUT2D eigenvalue weighted by molar-refractivity contribution is -0.347. The van der Waals surface area contributed by atoms with E-state index >= 15 is 0 Å². The highest BCUT2D eigenvalue weighted by Gasteiger charge is 2.52. The number of hydrogen-bond donors (Lipinski definition) is 0. The van der Waals surface area contributed by atoms with Crippen molar-refractivity contribution in [2.75, 3.05) is 13.2 Å². The van der Waals surface area contributed by atoms with E-state index in [2.05, 4.69) is 20.1 Å². The van der Waals surface area contributed by atoms with Crippen molar-refractivity contribution in [2.45, 2.75) is 127 Å². The minimum Gasteiger partial charge on any atom is -0.463 e. The summed E-state index contributed by atoms with van der Waals surface area (Å²) in [6.45, 7) is 12.4. The molecule has 3 saturated heterocycles. The maximum Gasteiger partial charge on any atom is 0.373 e. The molecule has 0 radical (unpaired) electrons. The third kappa shape index (κ3) is 13.0. The number of azide groups is 2. The average Bonchev–Trinajstić information content (AvgIpc) is 3.21. The molecule has 0 bridgehead atoms. The lowest BCUT2D eigenvalue weighted by Crippen LogP contribution is -2.61. The maximum absolute atomic E-state index is 12.0. The summed E-state index contributed by atoms with van der Waals surface area (Å²) in [6, 6.07) is 17.9. The van der Waals surface area contributed by atoms with Gasteiger partial charge in [-0.15, -0.1) is 0 Å². The molecule has 0 amide bonds. The summed E-state index contributed by atoms with van der Waals surface area (Å²) in [7, 11) is 0. The lowest BCUT2D eigenvalue weighted by Gasteiger charge is -2.50. The van der Waals surface area contributed by atoms with Crippen molar-refractivity contribution in [1.82, 2.24) is 0 Å². The van der Waals surface area contributed by atoms with E-state index in [1.54, 1.807) is 0 Å². The molecular formula is C40H52N6O12S. The number of nitrogens with zero attached hydrogens (tertiary/aromatic N) is 6. The molecule has 3 aliphatic heterocycles. The van der Waals surface area contributed by atoms with Gasteiger partial charge in [0.2, 0.25) is 0 Å². The van der Waals surface area contributed by atoms with Gasteiger partial charge in [0.15, 0.2) is 12.6 Å². The molecule has 6 unspecified atom stereocenters. The summed E-state index contributed by atoms with van der Waals surface area (Å²) in [4.78, 5) is 47.1. The minimum atomic E-state index is -0.980. The van der Waals surface area contributed by atoms with Gasteiger partial charge in [0.1, 0.15) is 30.9 Å². The predicted molar refractivity (Wildman–Crippen MR) is 210 cm³/mol. The minimum absolute atomic E-state index is 0.0202. The van der Waals surface area contributed by atoms with Gasteiger partial charge in [-0.3, -0.25) is 9.59 Å². The summed E-state index contributed by atoms with van der Waals surface area (Å²) in [5, 5.41) is 8.23. The van der Waals surface area contributed by atoms with Gasteiger partial charge in [-0.1, -0.05) is 98.2 Å². The Kier molecular flexibility index (Phi) is 18.6. The zero-order valence-corrected chi connectivity index (χ0v) is 34.9. The second-order valence-electron chi connectivity index (χ2n) is 14.7. The van der Waals surface area contributed by atoms with Crippen LogP contribution in [0.5, 0.6) is 0 Å². The van der Waals surface area contributed by atoms with Crippen molar-refractivity contribution < 1.29 is 57.1 Å². The number of benzene rings is 2. The molecule has 15 atom stereocenters. The van der Waals surface area contributed by atoms with E-state index in [1.165, 1.54) is 25.6 Å². The van der Waals surface area contributed by atoms with E-state index in [1.807, 2.05) is 95.3 Å². The largest absolute Gasteiger partial charge is 0.463 e. The Labute approximate surface area is 347 Å². The van der Waals surface area contributed by atoms with Crippen LogP contribution < -0.4 is 0 Å². The molecule has 2 aromatic carbocycles. The van der Waals surface area contributed by atoms with Crippen LogP contribution in [0.3, 0.4) is 0 Å². The molecule has 5 rings (SSSR count). The van der Waals surface area contributed by atoms with Crippen LogP contribution in [-0.2, 0) is 63.7 Å². The highest BCUT2D eigenvalue weighted by atomic mass is 32.2. The van der Waals surface area contributed by atoms with Crippen molar-refractivity contribution in [3.8, 4) is 0 Å². The van der Waals surface area contributed by atoms with Crippen LogP contribution in [0.25, 0.3) is 20.9 Å². The van der Waals surface area contributed by atoms with Crippen LogP contribution in [0, 0.1) is 23.7 Å². The zero-order chi connectivity index (χ0) is 43.1. The molecule has 2 aromatic rings. The van der Waals surface area contributed by atoms with Crippen LogP contribution in [-0.4, -0.2) is 98.0 Å². The van der Waals surface area contributed by atoms with Gasteiger partial charge in [-0.2, -0.15) is 9.59 Å². The number of carbonyl (C=O) groups excluding carboxylic acids is 4. The second-order valence-corrected chi connectivity index (χ2v) is 15.9. The molecule has 3 aliphatic rings. The third-order valence-electron chi connectivity index (χ3n) is 10.8. The molecular weight excluding hydrogens is 789 g/mol. The summed E-state index contributed by atoms with van der Waals surface area (Å²) < 4.78 is 50.5. The molecule has 0 N–H and O–H groups in total. The SMILES string of the molecule is CC(=O)OCC1O[C@H](O[C@@H]2C(C)O[C@@H](O[C@@H]3C(COC(C)=O)O[C@H](Sc4ccccc4)C(N=[N+]=[N-])[C@H]3C)C(OCc3ccccc3)[C@H]2C)C(N=[N+]=[N-])[C@@H](C)[C@@H]1C.O=C=O. The van der Waals surface area contributed by atoms with E-state index in [9.17, 15) is 20.7 Å². The Morgan fingerprint density at radius 3 is 1.85 bits per heavy atom. The van der Waals surface area contributed by atoms with E-state index in [-0.39, 0.29) is 43.7 Å². The first-order chi connectivity index (χ1) is 28.3. The van der Waals surface area contributed by atoms with Crippen LogP contribution in [0.1, 0.15) is 54.0 Å². The Hall–Kier alpha value is -4.51. The lowest BCUT2D eigenvalue weighted by atomic mass is 9.82. The standard InChI is InChI=1S/C39H52N6O10S.CO2/c1-21-22(2)32(42-44-40)37(52-30(21)19-48-26(6)46)54-34-24(4)36(50-18-28-14-10-8-11-15-28)38(51-25(34)5)55-35-23(3)33(43-45-41)39(53-31(35)20-49-27(7)47)56-29-16-12-9-13-17-29;2-1-3/h8-17,21-25,30-39H,18-20H2,1-7H3;/t21-,22-,23+,24-,25?,30?,31?,32?,33?,34-,35-,36?,37+,38-,39+;/m0./s1. The zero-order valence-electron chi connectivity index (χ0n) is 34.0. The molecule has 320 valence electrons. The number of ether oxygens (including phenoxy) is 8. The monoisotopic (exact) mass is 840 g/mol. The molecule has 0 spiro atoms. The maximum atomic E-state index is 12.0. The van der Waals surface area contributed by atoms with E-state index in [0.29, 0.717) is 0 Å². The van der Waals surface area contributed by atoms with Crippen LogP contribution in [0.4, 0.5) is 0 Å². The Balaban J connectivity index is 0.00000248. The van der Waals surface area contributed by atoms with Gasteiger partial charge in [-0.05, 0) is 53.4 Å². The highest BCUT2D eigenvalue weighted by Crippen LogP contribution is 2.42. The predicted octanol–water partition coefficient (Wildman–Crippen LogP) is 6.77. The van der Waals surface area contributed by atoms with Crippen LogP contribution in [0.15, 0.2) is 75.8 Å². The van der Waals surface area contributed by atoms with Crippen LogP contribution in [0.2, 0.25) is 0 Å². The number of rotatable bonds is 15. The summed E-state index contributed by atoms with van der Waals surface area (Å²) in [5.41, 5.74) is 19.5. The Morgan fingerprint density at radius 2 is 1.25 bits per heavy atom. The molecule has 59 heavy (non-hydrogen) atoms. The first-order valence-corrected chi connectivity index (χ1v) is 20.2. The van der Waals surface area contributed by atoms with Crippen molar-refractivity contribution in [3.05, 3.63) is 87.1 Å². The first-order valence-electron chi connectivity index (χ1n) is 19.3. The van der Waals surface area contributed by atoms with Gasteiger partial charge in [0.25, 0.3) is 0 Å². The number of carbonyl (C=O) groups is 2. The van der Waals surface area contributed by atoms with E-state index < -0.39 is 84.6 Å². The summed E-state index contributed by atoms with van der Waals surface area (Å²) in [6.07, 6.45) is -5.67. The fraction of sp³-hybridized carbons (Fsp3) is 0.625. The Bertz CT molecular complexity index is 1780. The fourth-order valence-corrected chi connectivity index (χ4v) is 8.70. The van der Waals surface area contributed by atoms with Crippen molar-refractivity contribution >= 4 is 29.9 Å². The van der Waals surface area contributed by atoms with Gasteiger partial charge >= 0.3 is 18.1 Å². The summed E-state index contributed by atoms with van der Waals surface area (Å²) in [5.74, 6) is -1.99. The molecule has 3 heterocycles. The fourth-order valence-electron chi connectivity index (χ4n) is 7.48. The quantitative estimate of drug-likeness (QED) is 0.0779. The highest BCUT2D eigenvalue weighted by molar-refractivity contribution is 7.99. The smallest absolute Gasteiger partial charge is 0.373 e. The normalized spacial score (nSPS) is 34.0. The van der Waals surface area contributed by atoms with Crippen molar-refractivity contribution in [3.63, 3.8) is 0 Å². The van der Waals surface area contributed by atoms with Crippen LogP contribution >= 0.6 is 11.8 Å². The van der Waals surface area contributed by atoms with E-state index in [4.69, 9.17) is 47.5 Å². The molecule has 0 aromatic heterocycles. The first kappa shape index (κ1) is 47.2. The topological polar surface area (TPSA) is 240 Å². The number of esters is 2. The third-order valence-corrected chi connectivity index (χ3v) is 12.0. The molecule has 3 fully saturated rings. The van der Waals surface area contributed by atoms with Gasteiger partial charge in [0.05, 0.1) is 43.1 Å². The van der Waals surface area contributed by atoms with Gasteiger partial charge < -0.3 is 37.9 Å². The number of thioether (sulfide) groups is 1. The average molecular weight is 841 g/mol. The number of hydrogen-bond acceptors (Lipinski definition) is 15. The van der Waals surface area contributed by atoms with Gasteiger partial charge in [-0.25, -0.2) is 0 Å². The van der Waals surface area contributed by atoms with E-state index in [0.717, 1.165) is 10.5 Å². The van der Waals surface area contributed by atoms with Gasteiger partial charge in [0, 0.05) is 34.5 Å². The Morgan fingerprint density at radius 1 is 0.695 bits per heavy atom. The van der Waals surface area contributed by atoms with Crippen molar-refractivity contribution in [1.29, 1.82) is 0 Å². The molecule has 18 nitrogen and oxygen atoms in total. The second kappa shape index (κ2) is 23.3. The molecule has 0 saturated carbocycles. The summed E-state index contributed by atoms with van der Waals surface area (Å²) >= 11 is 1.41. The molecule has 19 heteroatoms.